The van der Waals surface area contributed by atoms with Crippen molar-refractivity contribution in [2.45, 2.75) is 25.3 Å². The molecule has 0 unspecified atom stereocenters. The number of alkyl carbamates (subject to hydrolysis) is 1. The Morgan fingerprint density at radius 3 is 2.18 bits per heavy atom. The maximum atomic E-state index is 12.7. The lowest BCUT2D eigenvalue weighted by Crippen LogP contribution is -2.44. The first-order valence-corrected chi connectivity index (χ1v) is 10.9. The summed E-state index contributed by atoms with van der Waals surface area (Å²) in [4.78, 5) is 36.6. The summed E-state index contributed by atoms with van der Waals surface area (Å²) in [6.45, 7) is 1.82. The van der Waals surface area contributed by atoms with Crippen molar-refractivity contribution in [1.82, 2.24) is 5.32 Å². The van der Waals surface area contributed by atoms with Crippen LogP contribution in [0.15, 0.2) is 66.7 Å². The molecule has 8 nitrogen and oxygen atoms in total. The summed E-state index contributed by atoms with van der Waals surface area (Å²) >= 11 is 0. The standard InChI is InChI=1S/C26H24N2O6/c1-2-22(24(30)27-23-12-11-15(29)13-20(23)25(31)32)28-26(33)34-14-21-18-9-5-3-7-16(18)17-8-4-6-10-19(17)21/h3-13,21-22,29H,2,14H2,1H3,(H,27,30)(H,28,33)(H,31,32)/t22-/m1/s1. The second-order valence-electron chi connectivity index (χ2n) is 7.96. The Bertz CT molecular complexity index is 1210. The van der Waals surface area contributed by atoms with Gasteiger partial charge in [0.05, 0.1) is 11.3 Å². The molecule has 0 aliphatic heterocycles. The van der Waals surface area contributed by atoms with Gasteiger partial charge in [0.25, 0.3) is 0 Å². The summed E-state index contributed by atoms with van der Waals surface area (Å²) in [5.41, 5.74) is 4.14. The molecule has 0 fully saturated rings. The Labute approximate surface area is 196 Å². The van der Waals surface area contributed by atoms with Crippen LogP contribution in [0.5, 0.6) is 5.75 Å². The molecular weight excluding hydrogens is 436 g/mol. The van der Waals surface area contributed by atoms with E-state index in [1.165, 1.54) is 12.1 Å². The number of phenolic OH excluding ortho intramolecular Hbond substituents is 1. The molecule has 4 N–H and O–H groups in total. The molecule has 4 rings (SSSR count). The van der Waals surface area contributed by atoms with Crippen LogP contribution in [0.25, 0.3) is 11.1 Å². The van der Waals surface area contributed by atoms with Crippen molar-refractivity contribution in [3.8, 4) is 16.9 Å². The maximum absolute atomic E-state index is 12.7. The molecule has 1 aliphatic carbocycles. The zero-order valence-electron chi connectivity index (χ0n) is 18.4. The van der Waals surface area contributed by atoms with E-state index in [-0.39, 0.29) is 35.9 Å². The Morgan fingerprint density at radius 1 is 0.971 bits per heavy atom. The summed E-state index contributed by atoms with van der Waals surface area (Å²) in [7, 11) is 0. The van der Waals surface area contributed by atoms with Gasteiger partial charge in [0, 0.05) is 5.92 Å². The van der Waals surface area contributed by atoms with Crippen molar-refractivity contribution in [1.29, 1.82) is 0 Å². The molecular formula is C26H24N2O6. The SMILES string of the molecule is CC[C@@H](NC(=O)OCC1c2ccccc2-c2ccccc21)C(=O)Nc1ccc(O)cc1C(=O)O. The van der Waals surface area contributed by atoms with E-state index in [0.717, 1.165) is 28.3 Å². The maximum Gasteiger partial charge on any atom is 0.407 e. The predicted octanol–water partition coefficient (Wildman–Crippen LogP) is 4.35. The lowest BCUT2D eigenvalue weighted by atomic mass is 9.98. The normalized spacial score (nSPS) is 12.9. The number of carbonyl (C=O) groups is 3. The highest BCUT2D eigenvalue weighted by molar-refractivity contribution is 6.03. The summed E-state index contributed by atoms with van der Waals surface area (Å²) in [5, 5.41) is 23.9. The van der Waals surface area contributed by atoms with Crippen LogP contribution in [0.3, 0.4) is 0 Å². The summed E-state index contributed by atoms with van der Waals surface area (Å²) in [6.07, 6.45) is -0.482. The van der Waals surface area contributed by atoms with Gasteiger partial charge in [0.1, 0.15) is 18.4 Å². The van der Waals surface area contributed by atoms with Gasteiger partial charge in [-0.2, -0.15) is 0 Å². The van der Waals surface area contributed by atoms with Gasteiger partial charge in [-0.05, 0) is 46.9 Å². The van der Waals surface area contributed by atoms with E-state index in [1.807, 2.05) is 48.5 Å². The fourth-order valence-corrected chi connectivity index (χ4v) is 4.17. The molecule has 8 heteroatoms. The molecule has 0 radical (unpaired) electrons. The molecule has 0 heterocycles. The molecule has 0 spiro atoms. The van der Waals surface area contributed by atoms with Gasteiger partial charge in [-0.15, -0.1) is 0 Å². The second-order valence-corrected chi connectivity index (χ2v) is 7.96. The number of aromatic hydroxyl groups is 1. The van der Waals surface area contributed by atoms with E-state index in [9.17, 15) is 24.6 Å². The van der Waals surface area contributed by atoms with Gasteiger partial charge in [0.2, 0.25) is 5.91 Å². The number of hydrogen-bond donors (Lipinski definition) is 4. The first kappa shape index (κ1) is 22.8. The third kappa shape index (κ3) is 4.56. The van der Waals surface area contributed by atoms with Crippen molar-refractivity contribution >= 4 is 23.7 Å². The van der Waals surface area contributed by atoms with Gasteiger partial charge >= 0.3 is 12.1 Å². The Kier molecular flexibility index (Phi) is 6.49. The summed E-state index contributed by atoms with van der Waals surface area (Å²) in [5.74, 6) is -2.24. The zero-order chi connectivity index (χ0) is 24.2. The van der Waals surface area contributed by atoms with Crippen LogP contribution in [-0.4, -0.2) is 40.8 Å². The largest absolute Gasteiger partial charge is 0.508 e. The van der Waals surface area contributed by atoms with Crippen molar-refractivity contribution in [3.63, 3.8) is 0 Å². The number of amides is 2. The number of aromatic carboxylic acids is 1. The number of phenols is 1. The molecule has 0 aromatic heterocycles. The molecule has 0 saturated heterocycles. The number of carbonyl (C=O) groups excluding carboxylic acids is 2. The average molecular weight is 460 g/mol. The van der Waals surface area contributed by atoms with Crippen LogP contribution in [0.2, 0.25) is 0 Å². The van der Waals surface area contributed by atoms with Crippen LogP contribution in [-0.2, 0) is 9.53 Å². The van der Waals surface area contributed by atoms with Gasteiger partial charge in [-0.3, -0.25) is 4.79 Å². The number of carboxylic acid groups (broad SMARTS) is 1. The van der Waals surface area contributed by atoms with Crippen LogP contribution in [0.4, 0.5) is 10.5 Å². The number of rotatable bonds is 7. The number of ether oxygens (including phenoxy) is 1. The highest BCUT2D eigenvalue weighted by Gasteiger charge is 2.29. The second kappa shape index (κ2) is 9.66. The van der Waals surface area contributed by atoms with E-state index >= 15 is 0 Å². The number of fused-ring (bicyclic) bond motifs is 3. The lowest BCUT2D eigenvalue weighted by Gasteiger charge is -2.19. The summed E-state index contributed by atoms with van der Waals surface area (Å²) < 4.78 is 5.49. The number of carboxylic acids is 1. The van der Waals surface area contributed by atoms with Gasteiger partial charge < -0.3 is 25.6 Å². The molecule has 2 amide bonds. The molecule has 174 valence electrons. The quantitative estimate of drug-likeness (QED) is 0.389. The highest BCUT2D eigenvalue weighted by atomic mass is 16.5. The Hall–Kier alpha value is -4.33. The van der Waals surface area contributed by atoms with Crippen molar-refractivity contribution in [3.05, 3.63) is 83.4 Å². The number of benzene rings is 3. The van der Waals surface area contributed by atoms with E-state index in [4.69, 9.17) is 4.74 Å². The number of nitrogens with one attached hydrogen (secondary N) is 2. The molecule has 3 aromatic carbocycles. The zero-order valence-corrected chi connectivity index (χ0v) is 18.4. The number of anilines is 1. The smallest absolute Gasteiger partial charge is 0.407 e. The van der Waals surface area contributed by atoms with Crippen molar-refractivity contribution in [2.75, 3.05) is 11.9 Å². The Balaban J connectivity index is 1.41. The monoisotopic (exact) mass is 460 g/mol. The molecule has 1 atom stereocenters. The van der Waals surface area contributed by atoms with Crippen molar-refractivity contribution in [2.24, 2.45) is 0 Å². The molecule has 0 bridgehead atoms. The average Bonchev–Trinajstić information content (AvgIpc) is 3.15. The van der Waals surface area contributed by atoms with Gasteiger partial charge in [-0.25, -0.2) is 9.59 Å². The molecule has 1 aliphatic rings. The van der Waals surface area contributed by atoms with E-state index in [2.05, 4.69) is 10.6 Å². The first-order chi connectivity index (χ1) is 16.4. The van der Waals surface area contributed by atoms with Crippen LogP contribution in [0.1, 0.15) is 40.7 Å². The van der Waals surface area contributed by atoms with E-state index in [0.29, 0.717) is 0 Å². The lowest BCUT2D eigenvalue weighted by molar-refractivity contribution is -0.118. The van der Waals surface area contributed by atoms with Gasteiger partial charge in [0.15, 0.2) is 0 Å². The van der Waals surface area contributed by atoms with Crippen molar-refractivity contribution < 1.29 is 29.3 Å². The minimum absolute atomic E-state index is 0.0167. The van der Waals surface area contributed by atoms with Crippen LogP contribution in [0, 0.1) is 0 Å². The third-order valence-electron chi connectivity index (χ3n) is 5.85. The first-order valence-electron chi connectivity index (χ1n) is 10.9. The topological polar surface area (TPSA) is 125 Å². The molecule has 34 heavy (non-hydrogen) atoms. The fourth-order valence-electron chi connectivity index (χ4n) is 4.17. The molecule has 3 aromatic rings. The van der Waals surface area contributed by atoms with Gasteiger partial charge in [-0.1, -0.05) is 55.5 Å². The molecule has 0 saturated carbocycles. The minimum Gasteiger partial charge on any atom is -0.508 e. The highest BCUT2D eigenvalue weighted by Crippen LogP contribution is 2.44. The number of hydrogen-bond acceptors (Lipinski definition) is 5. The predicted molar refractivity (Wildman–Crippen MR) is 126 cm³/mol. The third-order valence-corrected chi connectivity index (χ3v) is 5.85. The summed E-state index contributed by atoms with van der Waals surface area (Å²) in [6, 6.07) is 18.6. The van der Waals surface area contributed by atoms with E-state index in [1.54, 1.807) is 6.92 Å². The van der Waals surface area contributed by atoms with Crippen LogP contribution >= 0.6 is 0 Å². The fraction of sp³-hybridized carbons (Fsp3) is 0.192. The van der Waals surface area contributed by atoms with Crippen LogP contribution < -0.4 is 10.6 Å². The minimum atomic E-state index is -1.30. The van der Waals surface area contributed by atoms with E-state index < -0.39 is 24.0 Å². The Morgan fingerprint density at radius 2 is 1.59 bits per heavy atom.